The molecule has 53 heavy (non-hydrogen) atoms. The van der Waals surface area contributed by atoms with E-state index in [0.29, 0.717) is 0 Å². The Hall–Kier alpha value is -0.880. The van der Waals surface area contributed by atoms with Crippen LogP contribution in [0.4, 0.5) is 113 Å². The van der Waals surface area contributed by atoms with Gasteiger partial charge >= 0.3 is 100.0 Å². The lowest BCUT2D eigenvalue weighted by Crippen LogP contribution is -2.72. The molecule has 0 heterocycles. The molecular weight excluding hydrogens is 980 g/mol. The Labute approximate surface area is 290 Å². The van der Waals surface area contributed by atoms with E-state index in [0.717, 1.165) is 9.47 Å². The smallest absolute Gasteiger partial charge is 0.275 e. The van der Waals surface area contributed by atoms with E-state index in [4.69, 9.17) is 0 Å². The van der Waals surface area contributed by atoms with Crippen molar-refractivity contribution in [2.45, 2.75) is 79.5 Å². The molecular formula is C14Cl4F26O7S2. The molecule has 39 heteroatoms. The number of ether oxygens (including phenoxy) is 3. The second-order valence-electron chi connectivity index (χ2n) is 8.76. The lowest BCUT2D eigenvalue weighted by Gasteiger charge is -2.44. The third-order valence-electron chi connectivity index (χ3n) is 5.10. The molecule has 320 valence electrons. The van der Waals surface area contributed by atoms with Gasteiger partial charge in [0.1, 0.15) is 0 Å². The van der Waals surface area contributed by atoms with Crippen molar-refractivity contribution in [3.8, 4) is 0 Å². The fourth-order valence-corrected chi connectivity index (χ4v) is 3.72. The molecule has 0 aromatic rings. The zero-order valence-electron chi connectivity index (χ0n) is 22.0. The third kappa shape index (κ3) is 7.88. The van der Waals surface area contributed by atoms with E-state index >= 15 is 0 Å². The SMILES string of the molecule is O=S(=O)(F)C(F)(F)C(F)(F)OC(F)(F)C(F)(F)C(F)(F)C(F)(Cl)C(F)(Cl)OC(F)(Cl)C(F)(Cl)C(F)(F)C(F)(F)C(F)(F)OC(F)(F)C(F)(F)S(=O)(=O)F. The van der Waals surface area contributed by atoms with Crippen molar-refractivity contribution in [3.63, 3.8) is 0 Å². The summed E-state index contributed by atoms with van der Waals surface area (Å²) >= 11 is 15.1. The van der Waals surface area contributed by atoms with E-state index in [1.54, 1.807) is 0 Å². The molecule has 0 aliphatic rings. The summed E-state index contributed by atoms with van der Waals surface area (Å²) in [4.78, 5) is 0. The van der Waals surface area contributed by atoms with Crippen LogP contribution in [-0.2, 0) is 34.7 Å². The fraction of sp³-hybridized carbons (Fsp3) is 1.00. The Balaban J connectivity index is 7.12. The first-order valence-electron chi connectivity index (χ1n) is 10.4. The summed E-state index contributed by atoms with van der Waals surface area (Å²) in [7, 11) is -16.6. The number of alkyl halides is 28. The van der Waals surface area contributed by atoms with Gasteiger partial charge in [-0.05, 0) is 23.2 Å². The first kappa shape index (κ1) is 52.1. The molecule has 0 radical (unpaired) electrons. The van der Waals surface area contributed by atoms with Crippen LogP contribution in [0.5, 0.6) is 0 Å². The van der Waals surface area contributed by atoms with Crippen LogP contribution in [0.2, 0.25) is 0 Å². The molecule has 0 aromatic carbocycles. The van der Waals surface area contributed by atoms with Crippen molar-refractivity contribution in [1.29, 1.82) is 0 Å². The van der Waals surface area contributed by atoms with Crippen molar-refractivity contribution in [3.05, 3.63) is 0 Å². The summed E-state index contributed by atoms with van der Waals surface area (Å²) in [6.45, 7) is 0. The van der Waals surface area contributed by atoms with Gasteiger partial charge < -0.3 is 0 Å². The average molecular weight is 980 g/mol. The molecule has 0 N–H and O–H groups in total. The topological polar surface area (TPSA) is 96.0 Å². The van der Waals surface area contributed by atoms with E-state index in [1.807, 2.05) is 4.74 Å². The van der Waals surface area contributed by atoms with Gasteiger partial charge in [0, 0.05) is 0 Å². The van der Waals surface area contributed by atoms with Crippen LogP contribution in [-0.4, -0.2) is 96.4 Å². The number of rotatable bonds is 18. The maximum absolute atomic E-state index is 14.5. The predicted molar refractivity (Wildman–Crippen MR) is 112 cm³/mol. The molecule has 0 aliphatic heterocycles. The van der Waals surface area contributed by atoms with Crippen LogP contribution in [0, 0.1) is 0 Å². The van der Waals surface area contributed by atoms with Gasteiger partial charge in [-0.3, -0.25) is 4.74 Å². The number of hydrogen-bond donors (Lipinski definition) is 0. The van der Waals surface area contributed by atoms with Crippen molar-refractivity contribution in [1.82, 2.24) is 0 Å². The van der Waals surface area contributed by atoms with Gasteiger partial charge in [-0.15, -0.1) is 0 Å². The summed E-state index contributed by atoms with van der Waals surface area (Å²) in [5, 5.41) is -46.0. The molecule has 4 unspecified atom stereocenters. The minimum atomic E-state index is -8.73. The van der Waals surface area contributed by atoms with Crippen LogP contribution in [0.3, 0.4) is 0 Å². The summed E-state index contributed by atoms with van der Waals surface area (Å²) in [6, 6.07) is 0. The second-order valence-corrected chi connectivity index (χ2v) is 13.6. The van der Waals surface area contributed by atoms with E-state index in [-0.39, 0.29) is 0 Å². The van der Waals surface area contributed by atoms with Gasteiger partial charge in [0.2, 0.25) is 0 Å². The Morgan fingerprint density at radius 1 is 0.321 bits per heavy atom. The highest BCUT2D eigenvalue weighted by Gasteiger charge is 2.91. The first-order chi connectivity index (χ1) is 22.1. The highest BCUT2D eigenvalue weighted by Crippen LogP contribution is 2.65. The maximum Gasteiger partial charge on any atom is 0.464 e. The van der Waals surface area contributed by atoms with E-state index in [9.17, 15) is 130 Å². The highest BCUT2D eigenvalue weighted by atomic mass is 35.5. The van der Waals surface area contributed by atoms with Gasteiger partial charge in [0.05, 0.1) is 0 Å². The molecule has 0 bridgehead atoms. The lowest BCUT2D eigenvalue weighted by molar-refractivity contribution is -0.488. The summed E-state index contributed by atoms with van der Waals surface area (Å²) in [5.41, 5.74) is 0. The molecule has 0 amide bonds. The molecule has 0 aliphatic carbocycles. The number of hydrogen-bond acceptors (Lipinski definition) is 7. The largest absolute Gasteiger partial charge is 0.464 e. The highest BCUT2D eigenvalue weighted by molar-refractivity contribution is 7.87. The molecule has 0 aromatic heterocycles. The van der Waals surface area contributed by atoms with Crippen LogP contribution in [0.25, 0.3) is 0 Å². The molecule has 0 saturated heterocycles. The molecule has 7 nitrogen and oxygen atoms in total. The van der Waals surface area contributed by atoms with E-state index in [2.05, 4.69) is 46.4 Å². The molecule has 4 atom stereocenters. The molecule has 0 rings (SSSR count). The van der Waals surface area contributed by atoms with E-state index in [1.165, 1.54) is 0 Å². The van der Waals surface area contributed by atoms with Crippen LogP contribution in [0.1, 0.15) is 0 Å². The van der Waals surface area contributed by atoms with Crippen LogP contribution < -0.4 is 0 Å². The summed E-state index contributed by atoms with van der Waals surface area (Å²) in [5.74, 6) is -34.7. The minimum Gasteiger partial charge on any atom is -0.275 e. The zero-order valence-corrected chi connectivity index (χ0v) is 26.7. The van der Waals surface area contributed by atoms with Crippen molar-refractivity contribution < 1.29 is 144 Å². The van der Waals surface area contributed by atoms with E-state index < -0.39 is 100.0 Å². The van der Waals surface area contributed by atoms with Gasteiger partial charge in [-0.2, -0.15) is 113 Å². The normalized spacial score (nSPS) is 20.6. The van der Waals surface area contributed by atoms with Crippen LogP contribution in [0.15, 0.2) is 0 Å². The van der Waals surface area contributed by atoms with Gasteiger partial charge in [-0.1, -0.05) is 31.0 Å². The van der Waals surface area contributed by atoms with Gasteiger partial charge in [-0.25, -0.2) is 18.3 Å². The third-order valence-corrected chi connectivity index (χ3v) is 8.63. The predicted octanol–water partition coefficient (Wildman–Crippen LogP) is 9.27. The van der Waals surface area contributed by atoms with Crippen molar-refractivity contribution >= 4 is 66.9 Å². The standard InChI is InChI=1S/C14Cl4F26O7S2/c15-1(19,3(21,22)5(25,26)9(31,32)50-11(35,36)13(39,40)52(43,45)46)7(17,29)49-8(18,30)2(16,20)4(23,24)6(27,28)10(33,34)51-12(37,38)14(41,42)53(44,47)48. The maximum atomic E-state index is 14.5. The Morgan fingerprint density at radius 2 is 0.509 bits per heavy atom. The average Bonchev–Trinajstić information content (AvgIpc) is 2.84. The Bertz CT molecular complexity index is 1480. The van der Waals surface area contributed by atoms with Crippen LogP contribution >= 0.6 is 46.4 Å². The Kier molecular flexibility index (Phi) is 13.1. The fourth-order valence-electron chi connectivity index (χ4n) is 2.27. The van der Waals surface area contributed by atoms with Crippen molar-refractivity contribution in [2.75, 3.05) is 0 Å². The van der Waals surface area contributed by atoms with Gasteiger partial charge in [0.15, 0.2) is 0 Å². The molecule has 0 fully saturated rings. The van der Waals surface area contributed by atoms with Crippen molar-refractivity contribution in [2.24, 2.45) is 0 Å². The zero-order chi connectivity index (χ0) is 44.1. The second kappa shape index (κ2) is 13.3. The molecule has 0 spiro atoms. The Morgan fingerprint density at radius 3 is 0.679 bits per heavy atom. The number of halogens is 30. The monoisotopic (exact) mass is 978 g/mol. The minimum absolute atomic E-state index is 1.12. The summed E-state index contributed by atoms with van der Waals surface area (Å²) < 4.78 is 397. The first-order valence-corrected chi connectivity index (χ1v) is 14.7. The molecule has 0 saturated carbocycles. The lowest BCUT2D eigenvalue weighted by atomic mass is 10.0. The quantitative estimate of drug-likeness (QED) is 0.0768. The van der Waals surface area contributed by atoms with Gasteiger partial charge in [0.25, 0.3) is 0 Å². The summed E-state index contributed by atoms with van der Waals surface area (Å²) in [6.07, 6.45) is -32.9.